The number of benzene rings is 1. The van der Waals surface area contributed by atoms with Gasteiger partial charge in [-0.2, -0.15) is 4.31 Å². The van der Waals surface area contributed by atoms with Crippen molar-refractivity contribution in [3.05, 3.63) is 29.8 Å². The Bertz CT molecular complexity index is 777. The van der Waals surface area contributed by atoms with E-state index >= 15 is 0 Å². The van der Waals surface area contributed by atoms with Gasteiger partial charge in [0.15, 0.2) is 0 Å². The van der Waals surface area contributed by atoms with Crippen LogP contribution in [0.25, 0.3) is 0 Å². The van der Waals surface area contributed by atoms with Crippen LogP contribution in [0.4, 0.5) is 0 Å². The molecule has 148 valence electrons. The largest absolute Gasteiger partial charge is 0.465 e. The molecular weight excluding hydrogens is 368 g/mol. The molecule has 0 aromatic heterocycles. The lowest BCUT2D eigenvalue weighted by molar-refractivity contribution is -0.133. The topological polar surface area (TPSA) is 84.0 Å². The molecule has 8 heteroatoms. The number of ether oxygens (including phenoxy) is 1. The Morgan fingerprint density at radius 2 is 1.63 bits per heavy atom. The average Bonchev–Trinajstić information content (AvgIpc) is 3.20. The van der Waals surface area contributed by atoms with Crippen molar-refractivity contribution in [1.82, 2.24) is 9.21 Å². The lowest BCUT2D eigenvalue weighted by Crippen LogP contribution is -2.50. The van der Waals surface area contributed by atoms with Crippen LogP contribution in [0, 0.1) is 5.92 Å². The van der Waals surface area contributed by atoms with Gasteiger partial charge in [-0.05, 0) is 43.0 Å². The molecule has 0 radical (unpaired) electrons. The molecule has 1 aliphatic heterocycles. The fourth-order valence-corrected chi connectivity index (χ4v) is 5.22. The molecule has 2 aliphatic rings. The monoisotopic (exact) mass is 394 g/mol. The van der Waals surface area contributed by atoms with E-state index in [0.717, 1.165) is 12.8 Å². The molecule has 1 saturated carbocycles. The number of sulfonamides is 1. The minimum atomic E-state index is -3.64. The highest BCUT2D eigenvalue weighted by molar-refractivity contribution is 7.89. The number of amides is 1. The fourth-order valence-electron chi connectivity index (χ4n) is 3.80. The van der Waals surface area contributed by atoms with E-state index in [2.05, 4.69) is 4.74 Å². The van der Waals surface area contributed by atoms with Crippen LogP contribution in [0.15, 0.2) is 29.2 Å². The average molecular weight is 394 g/mol. The van der Waals surface area contributed by atoms with E-state index < -0.39 is 16.0 Å². The van der Waals surface area contributed by atoms with Crippen molar-refractivity contribution >= 4 is 21.9 Å². The summed E-state index contributed by atoms with van der Waals surface area (Å²) in [7, 11) is -2.36. The number of carbonyl (C=O) groups is 2. The molecule has 1 aromatic carbocycles. The van der Waals surface area contributed by atoms with Gasteiger partial charge in [-0.25, -0.2) is 13.2 Å². The molecule has 1 saturated heterocycles. The summed E-state index contributed by atoms with van der Waals surface area (Å²) in [5.74, 6) is 0.127. The second kappa shape index (κ2) is 8.39. The first-order chi connectivity index (χ1) is 12.9. The highest BCUT2D eigenvalue weighted by Crippen LogP contribution is 2.28. The van der Waals surface area contributed by atoms with Crippen LogP contribution in [-0.4, -0.2) is 62.8 Å². The van der Waals surface area contributed by atoms with Gasteiger partial charge in [-0.3, -0.25) is 4.79 Å². The van der Waals surface area contributed by atoms with Crippen molar-refractivity contribution in [2.75, 3.05) is 33.3 Å². The van der Waals surface area contributed by atoms with Crippen molar-refractivity contribution in [2.24, 2.45) is 5.92 Å². The SMILES string of the molecule is COC(=O)c1ccc(S(=O)(=O)N2CCN(C(=O)CC3CCCC3)CC2)cc1. The number of hydrogen-bond acceptors (Lipinski definition) is 5. The van der Waals surface area contributed by atoms with E-state index in [1.54, 1.807) is 4.90 Å². The van der Waals surface area contributed by atoms with Crippen LogP contribution in [-0.2, 0) is 19.6 Å². The smallest absolute Gasteiger partial charge is 0.337 e. The molecular formula is C19H26N2O5S. The van der Waals surface area contributed by atoms with Gasteiger partial charge in [0.2, 0.25) is 15.9 Å². The van der Waals surface area contributed by atoms with E-state index in [0.29, 0.717) is 31.0 Å². The number of hydrogen-bond donors (Lipinski definition) is 0. The lowest BCUT2D eigenvalue weighted by atomic mass is 10.0. The highest BCUT2D eigenvalue weighted by atomic mass is 32.2. The van der Waals surface area contributed by atoms with Crippen molar-refractivity contribution in [1.29, 1.82) is 0 Å². The summed E-state index contributed by atoms with van der Waals surface area (Å²) in [4.78, 5) is 25.8. The summed E-state index contributed by atoms with van der Waals surface area (Å²) in [6, 6.07) is 5.72. The number of carbonyl (C=O) groups excluding carboxylic acids is 2. The summed E-state index contributed by atoms with van der Waals surface area (Å²) in [6.45, 7) is 1.42. The quantitative estimate of drug-likeness (QED) is 0.712. The van der Waals surface area contributed by atoms with Crippen LogP contribution in [0.2, 0.25) is 0 Å². The predicted molar refractivity (Wildman–Crippen MR) is 99.7 cm³/mol. The minimum Gasteiger partial charge on any atom is -0.465 e. The first kappa shape index (κ1) is 19.8. The maximum absolute atomic E-state index is 12.8. The van der Waals surface area contributed by atoms with Crippen LogP contribution < -0.4 is 0 Å². The van der Waals surface area contributed by atoms with Crippen molar-refractivity contribution in [2.45, 2.75) is 37.0 Å². The van der Waals surface area contributed by atoms with Crippen LogP contribution in [0.3, 0.4) is 0 Å². The Balaban J connectivity index is 1.59. The van der Waals surface area contributed by atoms with E-state index in [1.807, 2.05) is 0 Å². The number of rotatable bonds is 5. The standard InChI is InChI=1S/C19H26N2O5S/c1-26-19(23)16-6-8-17(9-7-16)27(24,25)21-12-10-20(11-13-21)18(22)14-15-4-2-3-5-15/h6-9,15H,2-5,10-14H2,1H3. The molecule has 1 aromatic rings. The van der Waals surface area contributed by atoms with Gasteiger partial charge in [-0.1, -0.05) is 12.8 Å². The summed E-state index contributed by atoms with van der Waals surface area (Å²) in [6.07, 6.45) is 5.25. The lowest BCUT2D eigenvalue weighted by Gasteiger charge is -2.34. The fraction of sp³-hybridized carbons (Fsp3) is 0.579. The van der Waals surface area contributed by atoms with Gasteiger partial charge in [0.05, 0.1) is 17.6 Å². The Kier molecular flexibility index (Phi) is 6.16. The zero-order chi connectivity index (χ0) is 19.4. The van der Waals surface area contributed by atoms with Gasteiger partial charge < -0.3 is 9.64 Å². The third-order valence-electron chi connectivity index (χ3n) is 5.44. The second-order valence-corrected chi connectivity index (χ2v) is 9.09. The molecule has 1 amide bonds. The van der Waals surface area contributed by atoms with Crippen molar-refractivity contribution in [3.8, 4) is 0 Å². The van der Waals surface area contributed by atoms with Crippen LogP contribution >= 0.6 is 0 Å². The van der Waals surface area contributed by atoms with Crippen molar-refractivity contribution in [3.63, 3.8) is 0 Å². The zero-order valence-corrected chi connectivity index (χ0v) is 16.4. The molecule has 3 rings (SSSR count). The zero-order valence-electron chi connectivity index (χ0n) is 15.6. The number of methoxy groups -OCH3 is 1. The normalized spacial score (nSPS) is 19.2. The molecule has 0 bridgehead atoms. The summed E-state index contributed by atoms with van der Waals surface area (Å²) >= 11 is 0. The first-order valence-corrected chi connectivity index (χ1v) is 10.8. The highest BCUT2D eigenvalue weighted by Gasteiger charge is 2.31. The Morgan fingerprint density at radius 3 is 2.19 bits per heavy atom. The predicted octanol–water partition coefficient (Wildman–Crippen LogP) is 1.89. The van der Waals surface area contributed by atoms with E-state index in [-0.39, 0.29) is 23.9 Å². The van der Waals surface area contributed by atoms with E-state index in [4.69, 9.17) is 0 Å². The van der Waals surface area contributed by atoms with Gasteiger partial charge in [0.25, 0.3) is 0 Å². The van der Waals surface area contributed by atoms with Crippen molar-refractivity contribution < 1.29 is 22.7 Å². The molecule has 27 heavy (non-hydrogen) atoms. The Labute approximate surface area is 160 Å². The maximum Gasteiger partial charge on any atom is 0.337 e. The number of nitrogens with zero attached hydrogens (tertiary/aromatic N) is 2. The molecule has 0 N–H and O–H groups in total. The van der Waals surface area contributed by atoms with Gasteiger partial charge >= 0.3 is 5.97 Å². The molecule has 1 aliphatic carbocycles. The summed E-state index contributed by atoms with van der Waals surface area (Å²) < 4.78 is 31.6. The molecule has 1 heterocycles. The first-order valence-electron chi connectivity index (χ1n) is 9.38. The molecule has 2 fully saturated rings. The van der Waals surface area contributed by atoms with Crippen LogP contribution in [0.5, 0.6) is 0 Å². The number of esters is 1. The Hall–Kier alpha value is -1.93. The molecule has 0 spiro atoms. The second-order valence-electron chi connectivity index (χ2n) is 7.16. The van der Waals surface area contributed by atoms with E-state index in [9.17, 15) is 18.0 Å². The summed E-state index contributed by atoms with van der Waals surface area (Å²) in [5.41, 5.74) is 0.304. The summed E-state index contributed by atoms with van der Waals surface area (Å²) in [5, 5.41) is 0. The van der Waals surface area contributed by atoms with Gasteiger partial charge in [0.1, 0.15) is 0 Å². The third kappa shape index (κ3) is 4.50. The molecule has 0 atom stereocenters. The van der Waals surface area contributed by atoms with Gasteiger partial charge in [-0.15, -0.1) is 0 Å². The Morgan fingerprint density at radius 1 is 1.04 bits per heavy atom. The minimum absolute atomic E-state index is 0.140. The molecule has 0 unspecified atom stereocenters. The number of piperazine rings is 1. The van der Waals surface area contributed by atoms with E-state index in [1.165, 1.54) is 48.5 Å². The van der Waals surface area contributed by atoms with Crippen LogP contribution in [0.1, 0.15) is 42.5 Å². The van der Waals surface area contributed by atoms with Gasteiger partial charge in [0, 0.05) is 32.6 Å². The third-order valence-corrected chi connectivity index (χ3v) is 7.36. The molecule has 7 nitrogen and oxygen atoms in total. The maximum atomic E-state index is 12.8.